The van der Waals surface area contributed by atoms with Crippen LogP contribution in [0.15, 0.2) is 53.3 Å². The Kier molecular flexibility index (Phi) is 4.17. The molecule has 22 heavy (non-hydrogen) atoms. The van der Waals surface area contributed by atoms with Crippen molar-refractivity contribution in [3.8, 4) is 5.69 Å². The molecule has 0 fully saturated rings. The zero-order chi connectivity index (χ0) is 15.5. The van der Waals surface area contributed by atoms with E-state index in [2.05, 4.69) is 36.8 Å². The van der Waals surface area contributed by atoms with Crippen molar-refractivity contribution in [2.45, 2.75) is 0 Å². The molecule has 3 rings (SSSR count). The van der Waals surface area contributed by atoms with E-state index in [1.807, 2.05) is 12.1 Å². The van der Waals surface area contributed by atoms with Gasteiger partial charge in [-0.2, -0.15) is 0 Å². The SMILES string of the molecule is O=C(Nc1cccc(Br)c1)c1cc(-n2cnnn2)ccc1Cl. The normalized spacial score (nSPS) is 10.5. The molecule has 110 valence electrons. The van der Waals surface area contributed by atoms with E-state index in [1.165, 1.54) is 11.0 Å². The van der Waals surface area contributed by atoms with E-state index in [9.17, 15) is 4.79 Å². The van der Waals surface area contributed by atoms with Crippen LogP contribution in [0.3, 0.4) is 0 Å². The summed E-state index contributed by atoms with van der Waals surface area (Å²) in [5.74, 6) is -0.307. The molecule has 0 aliphatic heterocycles. The minimum Gasteiger partial charge on any atom is -0.322 e. The summed E-state index contributed by atoms with van der Waals surface area (Å²) in [7, 11) is 0. The van der Waals surface area contributed by atoms with Gasteiger partial charge in [-0.1, -0.05) is 33.6 Å². The number of benzene rings is 2. The molecule has 0 saturated heterocycles. The third kappa shape index (κ3) is 3.15. The number of halogens is 2. The van der Waals surface area contributed by atoms with E-state index in [-0.39, 0.29) is 5.91 Å². The number of anilines is 1. The molecular weight excluding hydrogens is 370 g/mol. The maximum absolute atomic E-state index is 12.4. The summed E-state index contributed by atoms with van der Waals surface area (Å²) in [6.07, 6.45) is 1.44. The number of tetrazole rings is 1. The Bertz CT molecular complexity index is 822. The second-order valence-electron chi connectivity index (χ2n) is 4.38. The van der Waals surface area contributed by atoms with Crippen molar-refractivity contribution in [3.63, 3.8) is 0 Å². The summed E-state index contributed by atoms with van der Waals surface area (Å²) < 4.78 is 2.32. The van der Waals surface area contributed by atoms with Crippen LogP contribution in [0.4, 0.5) is 5.69 Å². The number of rotatable bonds is 3. The summed E-state index contributed by atoms with van der Waals surface area (Å²) in [5, 5.41) is 14.1. The maximum atomic E-state index is 12.4. The van der Waals surface area contributed by atoms with Gasteiger partial charge in [0.25, 0.3) is 5.91 Å². The average Bonchev–Trinajstić information content (AvgIpc) is 3.02. The molecule has 1 amide bonds. The van der Waals surface area contributed by atoms with Crippen LogP contribution in [0.25, 0.3) is 5.69 Å². The molecule has 1 aromatic heterocycles. The molecule has 6 nitrogen and oxygen atoms in total. The number of amides is 1. The molecule has 3 aromatic rings. The first-order chi connectivity index (χ1) is 10.6. The molecule has 2 aromatic carbocycles. The lowest BCUT2D eigenvalue weighted by atomic mass is 10.1. The fourth-order valence-electron chi connectivity index (χ4n) is 1.87. The van der Waals surface area contributed by atoms with E-state index in [0.29, 0.717) is 22.0 Å². The minimum absolute atomic E-state index is 0.307. The second-order valence-corrected chi connectivity index (χ2v) is 5.71. The number of hydrogen-bond acceptors (Lipinski definition) is 4. The van der Waals surface area contributed by atoms with Gasteiger partial charge in [0.05, 0.1) is 16.3 Å². The molecule has 8 heteroatoms. The van der Waals surface area contributed by atoms with E-state index < -0.39 is 0 Å². The van der Waals surface area contributed by atoms with Crippen LogP contribution in [0.5, 0.6) is 0 Å². The molecule has 0 atom stereocenters. The number of hydrogen-bond donors (Lipinski definition) is 1. The molecule has 0 spiro atoms. The number of nitrogens with zero attached hydrogens (tertiary/aromatic N) is 4. The topological polar surface area (TPSA) is 72.7 Å². The smallest absolute Gasteiger partial charge is 0.257 e. The molecular formula is C14H9BrClN5O. The predicted molar refractivity (Wildman–Crippen MR) is 86.3 cm³/mol. The van der Waals surface area contributed by atoms with E-state index in [0.717, 1.165) is 4.47 Å². The second kappa shape index (κ2) is 6.25. The standard InChI is InChI=1S/C14H9BrClN5O/c15-9-2-1-3-10(6-9)18-14(22)12-7-11(4-5-13(12)16)21-8-17-19-20-21/h1-8H,(H,18,22). The number of nitrogens with one attached hydrogen (secondary N) is 1. The Morgan fingerprint density at radius 1 is 1.23 bits per heavy atom. The quantitative estimate of drug-likeness (QED) is 0.759. The Balaban J connectivity index is 1.90. The number of carbonyl (C=O) groups excluding carboxylic acids is 1. The third-order valence-corrected chi connectivity index (χ3v) is 3.71. The highest BCUT2D eigenvalue weighted by molar-refractivity contribution is 9.10. The van der Waals surface area contributed by atoms with E-state index in [1.54, 1.807) is 30.3 Å². The summed E-state index contributed by atoms with van der Waals surface area (Å²) in [5.41, 5.74) is 1.66. The van der Waals surface area contributed by atoms with Crippen LogP contribution < -0.4 is 5.32 Å². The molecule has 0 aliphatic carbocycles. The van der Waals surface area contributed by atoms with Crippen molar-refractivity contribution in [2.24, 2.45) is 0 Å². The van der Waals surface area contributed by atoms with Crippen LogP contribution in [-0.4, -0.2) is 26.1 Å². The zero-order valence-corrected chi connectivity index (χ0v) is 13.4. The summed E-state index contributed by atoms with van der Waals surface area (Å²) in [6.45, 7) is 0. The third-order valence-electron chi connectivity index (χ3n) is 2.89. The summed E-state index contributed by atoms with van der Waals surface area (Å²) in [4.78, 5) is 12.4. The van der Waals surface area contributed by atoms with E-state index >= 15 is 0 Å². The van der Waals surface area contributed by atoms with Crippen LogP contribution >= 0.6 is 27.5 Å². The van der Waals surface area contributed by atoms with Gasteiger partial charge in [0.2, 0.25) is 0 Å². The Morgan fingerprint density at radius 3 is 2.82 bits per heavy atom. The molecule has 0 unspecified atom stereocenters. The zero-order valence-electron chi connectivity index (χ0n) is 11.1. The van der Waals surface area contributed by atoms with Gasteiger partial charge < -0.3 is 5.32 Å². The first-order valence-electron chi connectivity index (χ1n) is 6.23. The molecule has 1 heterocycles. The van der Waals surface area contributed by atoms with Crippen molar-refractivity contribution in [3.05, 3.63) is 63.9 Å². The van der Waals surface area contributed by atoms with Gasteiger partial charge in [-0.05, 0) is 46.8 Å². The monoisotopic (exact) mass is 377 g/mol. The van der Waals surface area contributed by atoms with Crippen molar-refractivity contribution in [1.82, 2.24) is 20.2 Å². The van der Waals surface area contributed by atoms with Crippen molar-refractivity contribution < 1.29 is 4.79 Å². The number of aromatic nitrogens is 4. The van der Waals surface area contributed by atoms with Crippen molar-refractivity contribution in [2.75, 3.05) is 5.32 Å². The van der Waals surface area contributed by atoms with Crippen LogP contribution in [0, 0.1) is 0 Å². The van der Waals surface area contributed by atoms with Gasteiger partial charge in [-0.15, -0.1) is 5.10 Å². The van der Waals surface area contributed by atoms with Crippen LogP contribution in [0.2, 0.25) is 5.02 Å². The Labute approximate surface area is 139 Å². The molecule has 0 aliphatic rings. The molecule has 0 bridgehead atoms. The fraction of sp³-hybridized carbons (Fsp3) is 0. The molecule has 0 radical (unpaired) electrons. The summed E-state index contributed by atoms with van der Waals surface area (Å²) >= 11 is 9.48. The summed E-state index contributed by atoms with van der Waals surface area (Å²) in [6, 6.07) is 12.3. The molecule has 0 saturated carbocycles. The van der Waals surface area contributed by atoms with Gasteiger partial charge >= 0.3 is 0 Å². The lowest BCUT2D eigenvalue weighted by Crippen LogP contribution is -2.13. The van der Waals surface area contributed by atoms with Crippen LogP contribution in [0.1, 0.15) is 10.4 Å². The predicted octanol–water partition coefficient (Wildman–Crippen LogP) is 3.33. The van der Waals surface area contributed by atoms with E-state index in [4.69, 9.17) is 11.6 Å². The van der Waals surface area contributed by atoms with Gasteiger partial charge in [-0.3, -0.25) is 4.79 Å². The van der Waals surface area contributed by atoms with Gasteiger partial charge in [-0.25, -0.2) is 4.68 Å². The lowest BCUT2D eigenvalue weighted by Gasteiger charge is -2.09. The lowest BCUT2D eigenvalue weighted by molar-refractivity contribution is 0.102. The molecule has 1 N–H and O–H groups in total. The van der Waals surface area contributed by atoms with Gasteiger partial charge in [0.15, 0.2) is 0 Å². The van der Waals surface area contributed by atoms with Gasteiger partial charge in [0, 0.05) is 10.2 Å². The van der Waals surface area contributed by atoms with Crippen molar-refractivity contribution >= 4 is 39.1 Å². The van der Waals surface area contributed by atoms with Gasteiger partial charge in [0.1, 0.15) is 6.33 Å². The largest absolute Gasteiger partial charge is 0.322 e. The van der Waals surface area contributed by atoms with Crippen molar-refractivity contribution in [1.29, 1.82) is 0 Å². The first kappa shape index (κ1) is 14.7. The fourth-order valence-corrected chi connectivity index (χ4v) is 2.48. The number of carbonyl (C=O) groups is 1. The minimum atomic E-state index is -0.307. The average molecular weight is 379 g/mol. The first-order valence-corrected chi connectivity index (χ1v) is 7.40. The Hall–Kier alpha value is -2.25. The Morgan fingerprint density at radius 2 is 2.09 bits per heavy atom. The highest BCUT2D eigenvalue weighted by atomic mass is 79.9. The highest BCUT2D eigenvalue weighted by Gasteiger charge is 2.13. The van der Waals surface area contributed by atoms with Crippen LogP contribution in [-0.2, 0) is 0 Å². The highest BCUT2D eigenvalue weighted by Crippen LogP contribution is 2.22. The maximum Gasteiger partial charge on any atom is 0.257 e.